The normalized spacial score (nSPS) is 11.7. The summed E-state index contributed by atoms with van der Waals surface area (Å²) in [6.45, 7) is 0. The van der Waals surface area contributed by atoms with Crippen LogP contribution < -0.4 is 0 Å². The molecule has 2 aromatic carbocycles. The van der Waals surface area contributed by atoms with Crippen molar-refractivity contribution in [2.24, 2.45) is 0 Å². The number of benzene rings is 2. The maximum atomic E-state index is 12.4. The number of halogens is 5. The Morgan fingerprint density at radius 2 is 1.45 bits per heavy atom. The molecular formula is C14H9Br2F3S. The maximum Gasteiger partial charge on any atom is 0.416 e. The Morgan fingerprint density at radius 3 is 1.95 bits per heavy atom. The van der Waals surface area contributed by atoms with Crippen LogP contribution in [0.25, 0.3) is 0 Å². The molecule has 0 atom stereocenters. The van der Waals surface area contributed by atoms with Crippen molar-refractivity contribution in [3.8, 4) is 0 Å². The quantitative estimate of drug-likeness (QED) is 0.504. The SMILES string of the molecule is FC(F)(F)c1ccc(CSc2cc(Br)cc(Br)c2)cc1. The van der Waals surface area contributed by atoms with Crippen LogP contribution in [0.2, 0.25) is 0 Å². The lowest BCUT2D eigenvalue weighted by atomic mass is 10.1. The van der Waals surface area contributed by atoms with E-state index in [9.17, 15) is 13.2 Å². The fourth-order valence-corrected chi connectivity index (χ4v) is 4.11. The van der Waals surface area contributed by atoms with Gasteiger partial charge in [0.1, 0.15) is 0 Å². The standard InChI is InChI=1S/C14H9Br2F3S/c15-11-5-12(16)7-13(6-11)20-8-9-1-3-10(4-2-9)14(17,18)19/h1-7H,8H2. The molecule has 20 heavy (non-hydrogen) atoms. The molecule has 0 aliphatic heterocycles. The van der Waals surface area contributed by atoms with Crippen molar-refractivity contribution in [3.63, 3.8) is 0 Å². The summed E-state index contributed by atoms with van der Waals surface area (Å²) in [5.74, 6) is 0.626. The first-order valence-electron chi connectivity index (χ1n) is 5.59. The monoisotopic (exact) mass is 424 g/mol. The van der Waals surface area contributed by atoms with Gasteiger partial charge >= 0.3 is 6.18 Å². The Labute approximate surface area is 136 Å². The van der Waals surface area contributed by atoms with Gasteiger partial charge in [0, 0.05) is 19.6 Å². The Kier molecular flexibility index (Phi) is 5.20. The van der Waals surface area contributed by atoms with Crippen molar-refractivity contribution in [1.82, 2.24) is 0 Å². The van der Waals surface area contributed by atoms with Crippen LogP contribution in [0.3, 0.4) is 0 Å². The zero-order chi connectivity index (χ0) is 14.8. The topological polar surface area (TPSA) is 0 Å². The van der Waals surface area contributed by atoms with Crippen molar-refractivity contribution in [3.05, 3.63) is 62.5 Å². The molecule has 2 rings (SSSR count). The second-order valence-electron chi connectivity index (χ2n) is 4.09. The molecule has 6 heteroatoms. The number of hydrogen-bond donors (Lipinski definition) is 0. The smallest absolute Gasteiger partial charge is 0.166 e. The molecule has 0 unspecified atom stereocenters. The van der Waals surface area contributed by atoms with Crippen molar-refractivity contribution < 1.29 is 13.2 Å². The average Bonchev–Trinajstić information content (AvgIpc) is 2.35. The zero-order valence-electron chi connectivity index (χ0n) is 10.0. The summed E-state index contributed by atoms with van der Waals surface area (Å²) in [5.41, 5.74) is 0.246. The van der Waals surface area contributed by atoms with Gasteiger partial charge in [-0.1, -0.05) is 44.0 Å². The van der Waals surface area contributed by atoms with Crippen molar-refractivity contribution >= 4 is 43.6 Å². The molecule has 0 aliphatic carbocycles. The van der Waals surface area contributed by atoms with E-state index in [1.165, 1.54) is 12.1 Å². The third kappa shape index (κ3) is 4.53. The van der Waals surface area contributed by atoms with Crippen molar-refractivity contribution in [1.29, 1.82) is 0 Å². The van der Waals surface area contributed by atoms with E-state index >= 15 is 0 Å². The lowest BCUT2D eigenvalue weighted by molar-refractivity contribution is -0.137. The molecule has 0 nitrogen and oxygen atoms in total. The van der Waals surface area contributed by atoms with Gasteiger partial charge in [0.25, 0.3) is 0 Å². The highest BCUT2D eigenvalue weighted by molar-refractivity contribution is 9.11. The second kappa shape index (κ2) is 6.54. The molecule has 0 radical (unpaired) electrons. The summed E-state index contributed by atoms with van der Waals surface area (Å²) in [5, 5.41) is 0. The average molecular weight is 426 g/mol. The summed E-state index contributed by atoms with van der Waals surface area (Å²) in [7, 11) is 0. The van der Waals surface area contributed by atoms with Gasteiger partial charge in [-0.05, 0) is 35.9 Å². The van der Waals surface area contributed by atoms with Gasteiger partial charge in [0.15, 0.2) is 0 Å². The summed E-state index contributed by atoms with van der Waals surface area (Å²) in [4.78, 5) is 1.05. The number of thioether (sulfide) groups is 1. The predicted molar refractivity (Wildman–Crippen MR) is 82.8 cm³/mol. The van der Waals surface area contributed by atoms with E-state index in [0.717, 1.165) is 31.5 Å². The summed E-state index contributed by atoms with van der Waals surface area (Å²) < 4.78 is 39.3. The van der Waals surface area contributed by atoms with Gasteiger partial charge in [0.05, 0.1) is 5.56 Å². The molecule has 0 bridgehead atoms. The molecule has 0 aromatic heterocycles. The van der Waals surface area contributed by atoms with E-state index in [1.807, 2.05) is 18.2 Å². The van der Waals surface area contributed by atoms with Crippen LogP contribution in [-0.4, -0.2) is 0 Å². The third-order valence-corrected chi connectivity index (χ3v) is 4.49. The van der Waals surface area contributed by atoms with E-state index in [4.69, 9.17) is 0 Å². The Morgan fingerprint density at radius 1 is 0.900 bits per heavy atom. The molecule has 0 N–H and O–H groups in total. The molecule has 0 spiro atoms. The van der Waals surface area contributed by atoms with Crippen molar-refractivity contribution in [2.45, 2.75) is 16.8 Å². The highest BCUT2D eigenvalue weighted by Gasteiger charge is 2.29. The van der Waals surface area contributed by atoms with Crippen LogP contribution in [0.1, 0.15) is 11.1 Å². The Hall–Kier alpha value is -0.460. The van der Waals surface area contributed by atoms with Crippen LogP contribution >= 0.6 is 43.6 Å². The first kappa shape index (κ1) is 15.9. The zero-order valence-corrected chi connectivity index (χ0v) is 14.0. The van der Waals surface area contributed by atoms with Gasteiger partial charge in [-0.25, -0.2) is 0 Å². The number of hydrogen-bond acceptors (Lipinski definition) is 1. The number of rotatable bonds is 3. The van der Waals surface area contributed by atoms with Gasteiger partial charge < -0.3 is 0 Å². The van der Waals surface area contributed by atoms with Gasteiger partial charge in [0.2, 0.25) is 0 Å². The third-order valence-electron chi connectivity index (χ3n) is 2.52. The molecule has 106 valence electrons. The fourth-order valence-electron chi connectivity index (χ4n) is 1.57. The molecule has 0 amide bonds. The lowest BCUT2D eigenvalue weighted by Crippen LogP contribution is -2.04. The van der Waals surface area contributed by atoms with E-state index in [0.29, 0.717) is 5.75 Å². The minimum atomic E-state index is -4.28. The molecule has 0 saturated heterocycles. The molecule has 0 saturated carbocycles. The number of alkyl halides is 3. The van der Waals surface area contributed by atoms with E-state index in [2.05, 4.69) is 31.9 Å². The van der Waals surface area contributed by atoms with Crippen LogP contribution in [0, 0.1) is 0 Å². The molecule has 0 heterocycles. The van der Waals surface area contributed by atoms with E-state index < -0.39 is 11.7 Å². The molecule has 2 aromatic rings. The lowest BCUT2D eigenvalue weighted by Gasteiger charge is -2.08. The van der Waals surface area contributed by atoms with Crippen LogP contribution in [0.4, 0.5) is 13.2 Å². The first-order chi connectivity index (χ1) is 9.34. The van der Waals surface area contributed by atoms with Gasteiger partial charge in [-0.3, -0.25) is 0 Å². The fraction of sp³-hybridized carbons (Fsp3) is 0.143. The largest absolute Gasteiger partial charge is 0.416 e. The van der Waals surface area contributed by atoms with Crippen LogP contribution in [-0.2, 0) is 11.9 Å². The maximum absolute atomic E-state index is 12.4. The van der Waals surface area contributed by atoms with E-state index in [1.54, 1.807) is 11.8 Å². The van der Waals surface area contributed by atoms with E-state index in [-0.39, 0.29) is 0 Å². The van der Waals surface area contributed by atoms with Crippen molar-refractivity contribution in [2.75, 3.05) is 0 Å². The Bertz CT molecular complexity index is 574. The highest BCUT2D eigenvalue weighted by Crippen LogP contribution is 2.31. The summed E-state index contributed by atoms with van der Waals surface area (Å²) >= 11 is 8.38. The predicted octanol–water partition coefficient (Wildman–Crippen LogP) is 6.52. The summed E-state index contributed by atoms with van der Waals surface area (Å²) in [6.07, 6.45) is -4.28. The van der Waals surface area contributed by atoms with Crippen LogP contribution in [0.5, 0.6) is 0 Å². The Balaban J connectivity index is 2.04. The first-order valence-corrected chi connectivity index (χ1v) is 8.17. The minimum Gasteiger partial charge on any atom is -0.166 e. The molecule has 0 fully saturated rings. The minimum absolute atomic E-state index is 0.614. The van der Waals surface area contributed by atoms with Crippen LogP contribution in [0.15, 0.2) is 56.3 Å². The highest BCUT2D eigenvalue weighted by atomic mass is 79.9. The van der Waals surface area contributed by atoms with Gasteiger partial charge in [-0.15, -0.1) is 11.8 Å². The summed E-state index contributed by atoms with van der Waals surface area (Å²) in [6, 6.07) is 11.1. The molecule has 0 aliphatic rings. The second-order valence-corrected chi connectivity index (χ2v) is 6.97. The van der Waals surface area contributed by atoms with Gasteiger partial charge in [-0.2, -0.15) is 13.2 Å². The molecular weight excluding hydrogens is 417 g/mol.